The molecule has 8 nitrogen and oxygen atoms in total. The van der Waals surface area contributed by atoms with Crippen molar-refractivity contribution >= 4 is 17.5 Å². The van der Waals surface area contributed by atoms with E-state index in [0.29, 0.717) is 56.1 Å². The minimum absolute atomic E-state index is 0.0160. The Balaban J connectivity index is 1.50. The molecule has 1 N–H and O–H groups in total. The molecule has 1 saturated heterocycles. The number of fused-ring (bicyclic) bond motifs is 1. The first kappa shape index (κ1) is 25.9. The molecule has 196 valence electrons. The molecular weight excluding hydrogens is 482 g/mol. The molecule has 0 aliphatic carbocycles. The number of ether oxygens (including phenoxy) is 2. The van der Waals surface area contributed by atoms with Crippen molar-refractivity contribution in [2.75, 3.05) is 43.5 Å². The van der Waals surface area contributed by atoms with Gasteiger partial charge in [0.1, 0.15) is 18.0 Å². The maximum absolute atomic E-state index is 14.0. The van der Waals surface area contributed by atoms with Crippen molar-refractivity contribution in [2.45, 2.75) is 51.4 Å². The zero-order valence-corrected chi connectivity index (χ0v) is 20.1. The van der Waals surface area contributed by atoms with Crippen LogP contribution in [-0.2, 0) is 22.5 Å². The molecule has 0 spiro atoms. The van der Waals surface area contributed by atoms with Crippen molar-refractivity contribution in [3.8, 4) is 5.75 Å². The fourth-order valence-corrected chi connectivity index (χ4v) is 4.32. The number of halogens is 4. The van der Waals surface area contributed by atoms with Crippen LogP contribution in [-0.4, -0.2) is 72.7 Å². The number of carbonyl (C=O) groups excluding carboxylic acids is 1. The number of nitrogens with one attached hydrogen (secondary N) is 1. The number of amides is 1. The van der Waals surface area contributed by atoms with E-state index < -0.39 is 30.7 Å². The molecule has 0 saturated carbocycles. The molecular formula is C24H29F4N5O3. The van der Waals surface area contributed by atoms with Crippen molar-refractivity contribution in [3.05, 3.63) is 41.2 Å². The lowest BCUT2D eigenvalue weighted by atomic mass is 10.1. The highest BCUT2D eigenvalue weighted by atomic mass is 19.3. The van der Waals surface area contributed by atoms with E-state index in [1.807, 2.05) is 4.90 Å². The molecule has 12 heteroatoms. The zero-order valence-electron chi connectivity index (χ0n) is 20.1. The largest absolute Gasteiger partial charge is 0.487 e. The summed E-state index contributed by atoms with van der Waals surface area (Å²) in [5, 5.41) is 2.70. The number of anilines is 2. The number of piperidine rings is 1. The third-order valence-electron chi connectivity index (χ3n) is 6.36. The Morgan fingerprint density at radius 3 is 2.58 bits per heavy atom. The Kier molecular flexibility index (Phi) is 8.12. The van der Waals surface area contributed by atoms with E-state index in [9.17, 15) is 22.4 Å². The third kappa shape index (κ3) is 5.97. The van der Waals surface area contributed by atoms with Gasteiger partial charge in [-0.1, -0.05) is 0 Å². The molecule has 3 heterocycles. The fraction of sp³-hybridized carbons (Fsp3) is 0.542. The van der Waals surface area contributed by atoms with Crippen molar-refractivity contribution in [2.24, 2.45) is 0 Å². The van der Waals surface area contributed by atoms with Gasteiger partial charge in [-0.2, -0.15) is 0 Å². The maximum atomic E-state index is 14.0. The van der Waals surface area contributed by atoms with Gasteiger partial charge in [-0.25, -0.2) is 27.5 Å². The van der Waals surface area contributed by atoms with Gasteiger partial charge in [-0.3, -0.25) is 4.79 Å². The number of nitrogens with zero attached hydrogens (tertiary/aromatic N) is 4. The van der Waals surface area contributed by atoms with E-state index in [1.54, 1.807) is 11.8 Å². The van der Waals surface area contributed by atoms with E-state index in [2.05, 4.69) is 10.3 Å². The van der Waals surface area contributed by atoms with Crippen LogP contribution in [0.3, 0.4) is 0 Å². The Morgan fingerprint density at radius 2 is 1.92 bits per heavy atom. The summed E-state index contributed by atoms with van der Waals surface area (Å²) in [6.45, 7) is 2.72. The minimum atomic E-state index is -2.57. The SMILES string of the molecule is COC(C)C(=O)N1CCc2nc(NCC(F)F)c(N3CCC(Oc4ccc(F)cc4F)CC3)nc2C1. The van der Waals surface area contributed by atoms with Crippen molar-refractivity contribution in [3.63, 3.8) is 0 Å². The standard InChI is InChI=1S/C24H29F4N5O3/c1-14(35-2)24(34)33-10-7-18-19(13-33)31-23(22(30-18)29-12-21(27)28)32-8-5-16(6-9-32)36-20-4-3-15(25)11-17(20)26/h3-4,11,14,16,21H,5-10,12-13H2,1-2H3,(H,29,30). The van der Waals surface area contributed by atoms with Gasteiger partial charge in [0.15, 0.2) is 23.2 Å². The van der Waals surface area contributed by atoms with Crippen LogP contribution in [0.1, 0.15) is 31.2 Å². The summed E-state index contributed by atoms with van der Waals surface area (Å²) in [7, 11) is 1.47. The summed E-state index contributed by atoms with van der Waals surface area (Å²) in [5.41, 5.74) is 1.27. The summed E-state index contributed by atoms with van der Waals surface area (Å²) in [6, 6.07) is 3.17. The van der Waals surface area contributed by atoms with Crippen LogP contribution >= 0.6 is 0 Å². The number of methoxy groups -OCH3 is 1. The average molecular weight is 512 g/mol. The number of alkyl halides is 2. The highest BCUT2D eigenvalue weighted by Crippen LogP contribution is 2.30. The summed E-state index contributed by atoms with van der Waals surface area (Å²) < 4.78 is 63.9. The molecule has 2 aliphatic heterocycles. The van der Waals surface area contributed by atoms with Gasteiger partial charge in [-0.05, 0) is 19.1 Å². The van der Waals surface area contributed by atoms with E-state index in [-0.39, 0.29) is 30.1 Å². The smallest absolute Gasteiger partial charge is 0.255 e. The van der Waals surface area contributed by atoms with E-state index in [1.165, 1.54) is 13.2 Å². The lowest BCUT2D eigenvalue weighted by Gasteiger charge is -2.35. The van der Waals surface area contributed by atoms with Crippen LogP contribution < -0.4 is 15.0 Å². The van der Waals surface area contributed by atoms with Crippen molar-refractivity contribution in [1.29, 1.82) is 0 Å². The average Bonchev–Trinajstić information content (AvgIpc) is 2.87. The number of rotatable bonds is 8. The Labute approximate surface area is 206 Å². The van der Waals surface area contributed by atoms with Gasteiger partial charge in [-0.15, -0.1) is 0 Å². The molecule has 1 atom stereocenters. The summed E-state index contributed by atoms with van der Waals surface area (Å²) >= 11 is 0. The Bertz CT molecular complexity index is 1080. The number of hydrogen-bond donors (Lipinski definition) is 1. The highest BCUT2D eigenvalue weighted by Gasteiger charge is 2.30. The van der Waals surface area contributed by atoms with Crippen LogP contribution in [0.2, 0.25) is 0 Å². The second-order valence-corrected chi connectivity index (χ2v) is 8.83. The number of hydrogen-bond acceptors (Lipinski definition) is 7. The van der Waals surface area contributed by atoms with Crippen LogP contribution in [0.4, 0.5) is 29.2 Å². The predicted molar refractivity (Wildman–Crippen MR) is 124 cm³/mol. The molecule has 4 rings (SSSR count). The summed E-state index contributed by atoms with van der Waals surface area (Å²) in [4.78, 5) is 25.5. The molecule has 2 aliphatic rings. The molecule has 0 radical (unpaired) electrons. The van der Waals surface area contributed by atoms with E-state index >= 15 is 0 Å². The quantitative estimate of drug-likeness (QED) is 0.545. The van der Waals surface area contributed by atoms with Crippen LogP contribution in [0.15, 0.2) is 18.2 Å². The van der Waals surface area contributed by atoms with Gasteiger partial charge in [0.25, 0.3) is 12.3 Å². The predicted octanol–water partition coefficient (Wildman–Crippen LogP) is 3.40. The lowest BCUT2D eigenvalue weighted by Crippen LogP contribution is -2.43. The third-order valence-corrected chi connectivity index (χ3v) is 6.36. The molecule has 2 aromatic rings. The first-order chi connectivity index (χ1) is 17.2. The zero-order chi connectivity index (χ0) is 25.8. The van der Waals surface area contributed by atoms with Gasteiger partial charge < -0.3 is 24.6 Å². The topological polar surface area (TPSA) is 79.8 Å². The highest BCUT2D eigenvalue weighted by molar-refractivity contribution is 5.80. The van der Waals surface area contributed by atoms with Gasteiger partial charge in [0.05, 0.1) is 24.5 Å². The number of aromatic nitrogens is 2. The normalized spacial score (nSPS) is 17.2. The van der Waals surface area contributed by atoms with E-state index in [4.69, 9.17) is 14.5 Å². The van der Waals surface area contributed by atoms with Gasteiger partial charge in [0.2, 0.25) is 0 Å². The first-order valence-electron chi connectivity index (χ1n) is 11.8. The van der Waals surface area contributed by atoms with Crippen LogP contribution in [0.5, 0.6) is 5.75 Å². The first-order valence-corrected chi connectivity index (χ1v) is 11.8. The molecule has 36 heavy (non-hydrogen) atoms. The molecule has 1 aromatic heterocycles. The molecule has 0 bridgehead atoms. The summed E-state index contributed by atoms with van der Waals surface area (Å²) in [6.07, 6.45) is -1.97. The van der Waals surface area contributed by atoms with Crippen molar-refractivity contribution in [1.82, 2.24) is 14.9 Å². The molecule has 1 amide bonds. The summed E-state index contributed by atoms with van der Waals surface area (Å²) in [5.74, 6) is -0.923. The number of carbonyl (C=O) groups is 1. The van der Waals surface area contributed by atoms with Gasteiger partial charge in [0, 0.05) is 52.1 Å². The second-order valence-electron chi connectivity index (χ2n) is 8.83. The van der Waals surface area contributed by atoms with Gasteiger partial charge >= 0.3 is 0 Å². The fourth-order valence-electron chi connectivity index (χ4n) is 4.32. The van der Waals surface area contributed by atoms with Crippen LogP contribution in [0, 0.1) is 11.6 Å². The Morgan fingerprint density at radius 1 is 1.17 bits per heavy atom. The molecule has 1 aromatic carbocycles. The second kappa shape index (κ2) is 11.3. The maximum Gasteiger partial charge on any atom is 0.255 e. The van der Waals surface area contributed by atoms with Crippen molar-refractivity contribution < 1.29 is 31.8 Å². The Hall–Kier alpha value is -3.15. The minimum Gasteiger partial charge on any atom is -0.487 e. The van der Waals surface area contributed by atoms with Crippen LogP contribution in [0.25, 0.3) is 0 Å². The monoisotopic (exact) mass is 511 g/mol. The molecule has 1 fully saturated rings. The van der Waals surface area contributed by atoms with E-state index in [0.717, 1.165) is 12.1 Å². The molecule has 1 unspecified atom stereocenters. The number of benzene rings is 1. The lowest BCUT2D eigenvalue weighted by molar-refractivity contribution is -0.142.